The molecule has 1 aliphatic rings. The number of carbonyl (C=O) groups is 3. The Kier molecular flexibility index (Phi) is 5.56. The lowest BCUT2D eigenvalue weighted by Gasteiger charge is -2.13. The van der Waals surface area contributed by atoms with E-state index in [0.717, 1.165) is 6.42 Å². The molecule has 0 saturated carbocycles. The SMILES string of the molecule is [3H]C(C)C(=O)CCCCCN1C(=O)C(Br)=C(Br)C1=O. The summed E-state index contributed by atoms with van der Waals surface area (Å²) >= 11 is 6.13. The van der Waals surface area contributed by atoms with Gasteiger partial charge < -0.3 is 0 Å². The number of hydrogen-bond donors (Lipinski definition) is 0. The van der Waals surface area contributed by atoms with Gasteiger partial charge in [-0.15, -0.1) is 0 Å². The van der Waals surface area contributed by atoms with E-state index in [4.69, 9.17) is 1.37 Å². The van der Waals surface area contributed by atoms with Gasteiger partial charge in [0, 0.05) is 20.7 Å². The van der Waals surface area contributed by atoms with Crippen molar-refractivity contribution in [3.05, 3.63) is 8.96 Å². The van der Waals surface area contributed by atoms with E-state index in [0.29, 0.717) is 25.8 Å². The predicted molar refractivity (Wildman–Crippen MR) is 75.4 cm³/mol. The molecule has 1 atom stereocenters. The van der Waals surface area contributed by atoms with E-state index in [1.54, 1.807) is 6.92 Å². The molecule has 0 saturated heterocycles. The molecule has 0 spiro atoms. The number of imide groups is 1. The highest BCUT2D eigenvalue weighted by Crippen LogP contribution is 2.29. The first-order valence-electron chi connectivity index (χ1n) is 6.30. The minimum atomic E-state index is -0.669. The molecule has 0 aromatic heterocycles. The number of nitrogens with zero attached hydrogens (tertiary/aromatic N) is 1. The van der Waals surface area contributed by atoms with Crippen molar-refractivity contribution >= 4 is 49.5 Å². The zero-order valence-corrected chi connectivity index (χ0v) is 13.2. The van der Waals surface area contributed by atoms with E-state index in [1.165, 1.54) is 4.90 Å². The normalized spacial score (nSPS) is 18.4. The van der Waals surface area contributed by atoms with E-state index < -0.39 is 6.40 Å². The van der Waals surface area contributed by atoms with Crippen molar-refractivity contribution in [2.75, 3.05) is 6.54 Å². The molecule has 0 aliphatic carbocycles. The minimum absolute atomic E-state index is 0.0690. The molecule has 1 unspecified atom stereocenters. The number of carbonyl (C=O) groups excluding carboxylic acids is 3. The lowest BCUT2D eigenvalue weighted by Crippen LogP contribution is -2.32. The lowest BCUT2D eigenvalue weighted by molar-refractivity contribution is -0.137. The van der Waals surface area contributed by atoms with E-state index in [2.05, 4.69) is 31.9 Å². The van der Waals surface area contributed by atoms with Crippen LogP contribution in [0.1, 0.15) is 40.4 Å². The van der Waals surface area contributed by atoms with Gasteiger partial charge in [-0.25, -0.2) is 0 Å². The fourth-order valence-corrected chi connectivity index (χ4v) is 2.38. The molecule has 0 radical (unpaired) electrons. The van der Waals surface area contributed by atoms with Crippen molar-refractivity contribution in [1.29, 1.82) is 0 Å². The monoisotopic (exact) mass is 381 g/mol. The van der Waals surface area contributed by atoms with Gasteiger partial charge in [0.2, 0.25) is 0 Å². The second kappa shape index (κ2) is 7.19. The molecule has 18 heavy (non-hydrogen) atoms. The van der Waals surface area contributed by atoms with Crippen molar-refractivity contribution in [2.45, 2.75) is 39.0 Å². The summed E-state index contributed by atoms with van der Waals surface area (Å²) in [5, 5.41) is 0. The van der Waals surface area contributed by atoms with Crippen LogP contribution in [-0.2, 0) is 14.4 Å². The zero-order valence-electron chi connectivity index (χ0n) is 11.0. The van der Waals surface area contributed by atoms with Crippen molar-refractivity contribution < 1.29 is 15.8 Å². The first kappa shape index (κ1) is 13.9. The zero-order chi connectivity index (χ0) is 14.6. The van der Waals surface area contributed by atoms with E-state index in [1.807, 2.05) is 0 Å². The molecular weight excluding hydrogens is 366 g/mol. The Balaban J connectivity index is 2.27. The molecule has 0 aromatic carbocycles. The third kappa shape index (κ3) is 3.75. The van der Waals surface area contributed by atoms with Gasteiger partial charge in [0.15, 0.2) is 0 Å². The van der Waals surface area contributed by atoms with Crippen molar-refractivity contribution in [2.24, 2.45) is 0 Å². The van der Waals surface area contributed by atoms with Gasteiger partial charge in [-0.3, -0.25) is 19.3 Å². The van der Waals surface area contributed by atoms with Crippen LogP contribution in [0.15, 0.2) is 8.96 Å². The first-order chi connectivity index (χ1) is 8.86. The van der Waals surface area contributed by atoms with Gasteiger partial charge in [-0.05, 0) is 44.7 Å². The Bertz CT molecular complexity index is 411. The number of unbranched alkanes of at least 4 members (excludes halogenated alkanes) is 2. The molecule has 2 amide bonds. The highest BCUT2D eigenvalue weighted by Gasteiger charge is 2.35. The summed E-state index contributed by atoms with van der Waals surface area (Å²) in [6.45, 7) is 1.91. The molecule has 0 aromatic rings. The van der Waals surface area contributed by atoms with E-state index in [9.17, 15) is 14.4 Å². The second-order valence-corrected chi connectivity index (χ2v) is 5.54. The fraction of sp³-hybridized carbons (Fsp3) is 0.583. The molecule has 6 heteroatoms. The van der Waals surface area contributed by atoms with Crippen LogP contribution in [0, 0.1) is 0 Å². The smallest absolute Gasteiger partial charge is 0.269 e. The number of hydrogen-bond acceptors (Lipinski definition) is 3. The molecule has 0 N–H and O–H groups in total. The van der Waals surface area contributed by atoms with Crippen molar-refractivity contribution in [3.8, 4) is 0 Å². The van der Waals surface area contributed by atoms with Crippen LogP contribution < -0.4 is 0 Å². The first-order valence-corrected chi connectivity index (χ1v) is 7.31. The molecule has 4 nitrogen and oxygen atoms in total. The number of amides is 2. The number of rotatable bonds is 7. The van der Waals surface area contributed by atoms with Crippen LogP contribution in [0.2, 0.25) is 0 Å². The average Bonchev–Trinajstić information content (AvgIpc) is 2.55. The van der Waals surface area contributed by atoms with Crippen LogP contribution in [0.25, 0.3) is 0 Å². The van der Waals surface area contributed by atoms with Crippen LogP contribution in [0.3, 0.4) is 0 Å². The summed E-state index contributed by atoms with van der Waals surface area (Å²) in [6.07, 6.45) is 1.83. The maximum Gasteiger partial charge on any atom is 0.269 e. The van der Waals surface area contributed by atoms with Crippen molar-refractivity contribution in [1.82, 2.24) is 4.90 Å². The molecule has 100 valence electrons. The summed E-state index contributed by atoms with van der Waals surface area (Å²) in [6, 6.07) is 0. The maximum atomic E-state index is 11.7. The Morgan fingerprint density at radius 1 is 1.17 bits per heavy atom. The van der Waals surface area contributed by atoms with Gasteiger partial charge >= 0.3 is 0 Å². The van der Waals surface area contributed by atoms with Crippen LogP contribution >= 0.6 is 31.9 Å². The predicted octanol–water partition coefficient (Wildman–Crippen LogP) is 2.90. The van der Waals surface area contributed by atoms with Crippen molar-refractivity contribution in [3.63, 3.8) is 0 Å². The Morgan fingerprint density at radius 2 is 1.72 bits per heavy atom. The number of ketones is 1. The minimum Gasteiger partial charge on any atom is -0.300 e. The lowest BCUT2D eigenvalue weighted by atomic mass is 10.1. The van der Waals surface area contributed by atoms with Crippen LogP contribution in [0.4, 0.5) is 0 Å². The quantitative estimate of drug-likeness (QED) is 0.502. The topological polar surface area (TPSA) is 54.5 Å². The molecular formula is C12H15Br2NO3. The van der Waals surface area contributed by atoms with Gasteiger partial charge in [-0.2, -0.15) is 0 Å². The van der Waals surface area contributed by atoms with Crippen LogP contribution in [0.5, 0.6) is 0 Å². The molecule has 0 bridgehead atoms. The average molecular weight is 383 g/mol. The summed E-state index contributed by atoms with van der Waals surface area (Å²) in [5.41, 5.74) is 0. The standard InChI is InChI=1S/C12H15Br2NO3/c1-2-8(16)6-4-3-5-7-15-11(17)9(13)10(14)12(15)18/h2-7H2,1H3/i2T. The van der Waals surface area contributed by atoms with Gasteiger partial charge in [0.05, 0.1) is 0 Å². The van der Waals surface area contributed by atoms with Gasteiger partial charge in [-0.1, -0.05) is 13.3 Å². The molecule has 1 heterocycles. The van der Waals surface area contributed by atoms with Crippen LogP contribution in [-0.4, -0.2) is 29.0 Å². The number of Topliss-reactive ketones (excluding diaryl/α,β-unsaturated/α-hetero) is 1. The highest BCUT2D eigenvalue weighted by molar-refractivity contribution is 9.14. The number of halogens is 2. The third-order valence-corrected chi connectivity index (χ3v) is 4.69. The van der Waals surface area contributed by atoms with E-state index >= 15 is 0 Å². The molecule has 1 rings (SSSR count). The molecule has 0 fully saturated rings. The maximum absolute atomic E-state index is 11.7. The van der Waals surface area contributed by atoms with Gasteiger partial charge in [0.25, 0.3) is 11.8 Å². The summed E-state index contributed by atoms with van der Waals surface area (Å²) in [4.78, 5) is 35.8. The Hall–Kier alpha value is -0.490. The highest BCUT2D eigenvalue weighted by atomic mass is 79.9. The summed E-state index contributed by atoms with van der Waals surface area (Å²) < 4.78 is 7.75. The van der Waals surface area contributed by atoms with E-state index in [-0.39, 0.29) is 26.6 Å². The Morgan fingerprint density at radius 3 is 2.22 bits per heavy atom. The fourth-order valence-electron chi connectivity index (χ4n) is 1.61. The Labute approximate surface area is 124 Å². The summed E-state index contributed by atoms with van der Waals surface area (Å²) in [7, 11) is 0. The van der Waals surface area contributed by atoms with Gasteiger partial charge in [0.1, 0.15) is 14.7 Å². The summed E-state index contributed by atoms with van der Waals surface area (Å²) in [5.74, 6) is -0.721. The molecule has 1 aliphatic heterocycles. The largest absolute Gasteiger partial charge is 0.300 e. The third-order valence-electron chi connectivity index (χ3n) is 2.69. The second-order valence-electron chi connectivity index (χ2n) is 3.96.